The first kappa shape index (κ1) is 17.3. The van der Waals surface area contributed by atoms with Crippen LogP contribution in [0, 0.1) is 0 Å². The molecule has 2 rings (SSSR count). The first-order valence-electron chi connectivity index (χ1n) is 6.95. The second-order valence-corrected chi connectivity index (χ2v) is 5.85. The predicted octanol–water partition coefficient (Wildman–Crippen LogP) is 2.41. The summed E-state index contributed by atoms with van der Waals surface area (Å²) in [5, 5.41) is 7.69. The number of aliphatic imine (C=N–C) groups is 1. The summed E-state index contributed by atoms with van der Waals surface area (Å²) in [6.07, 6.45) is -0.0232. The van der Waals surface area contributed by atoms with Crippen LogP contribution in [-0.4, -0.2) is 29.1 Å². The highest BCUT2D eigenvalue weighted by molar-refractivity contribution is 7.09. The van der Waals surface area contributed by atoms with Crippen molar-refractivity contribution in [1.82, 2.24) is 20.2 Å². The van der Waals surface area contributed by atoms with E-state index >= 15 is 0 Å². The number of hydrogen-bond acceptors (Lipinski definition) is 3. The van der Waals surface area contributed by atoms with Crippen molar-refractivity contribution in [2.24, 2.45) is 12.0 Å². The second kappa shape index (κ2) is 7.49. The molecule has 2 N–H and O–H groups in total. The van der Waals surface area contributed by atoms with E-state index < -0.39 is 11.9 Å². The average molecular weight is 345 g/mol. The van der Waals surface area contributed by atoms with E-state index in [0.29, 0.717) is 30.5 Å². The number of rotatable bonds is 5. The highest BCUT2D eigenvalue weighted by Crippen LogP contribution is 2.29. The van der Waals surface area contributed by atoms with Crippen LogP contribution in [-0.2, 0) is 26.2 Å². The van der Waals surface area contributed by atoms with Gasteiger partial charge < -0.3 is 15.2 Å². The monoisotopic (exact) mass is 345 g/mol. The molecule has 9 heteroatoms. The van der Waals surface area contributed by atoms with Crippen molar-refractivity contribution in [2.45, 2.75) is 19.1 Å². The Morgan fingerprint density at radius 3 is 2.74 bits per heavy atom. The summed E-state index contributed by atoms with van der Waals surface area (Å²) in [5.74, 6) is 0.599. The molecule has 0 bridgehead atoms. The van der Waals surface area contributed by atoms with Gasteiger partial charge in [0.1, 0.15) is 0 Å². The fraction of sp³-hybridized carbons (Fsp3) is 0.429. The van der Waals surface area contributed by atoms with Gasteiger partial charge in [-0.1, -0.05) is 0 Å². The van der Waals surface area contributed by atoms with E-state index in [1.807, 2.05) is 30.1 Å². The zero-order valence-corrected chi connectivity index (χ0v) is 13.6. The Morgan fingerprint density at radius 1 is 1.39 bits per heavy atom. The molecule has 0 radical (unpaired) electrons. The van der Waals surface area contributed by atoms with Crippen LogP contribution in [0.5, 0.6) is 0 Å². The molecule has 5 nitrogen and oxygen atoms in total. The van der Waals surface area contributed by atoms with Crippen molar-refractivity contribution >= 4 is 17.3 Å². The molecule has 0 aliphatic rings. The minimum atomic E-state index is -4.38. The number of nitrogens with one attached hydrogen (secondary N) is 2. The van der Waals surface area contributed by atoms with Crippen LogP contribution in [0.25, 0.3) is 0 Å². The van der Waals surface area contributed by atoms with Crippen LogP contribution >= 0.6 is 11.3 Å². The van der Waals surface area contributed by atoms with Gasteiger partial charge in [0.2, 0.25) is 0 Å². The van der Waals surface area contributed by atoms with Gasteiger partial charge >= 0.3 is 6.18 Å². The second-order valence-electron chi connectivity index (χ2n) is 4.91. The smallest absolute Gasteiger partial charge is 0.357 e. The Labute approximate surface area is 136 Å². The highest BCUT2D eigenvalue weighted by Gasteiger charge is 2.33. The minimum absolute atomic E-state index is 0.410. The number of aromatic nitrogens is 2. The molecule has 0 aromatic carbocycles. The van der Waals surface area contributed by atoms with Gasteiger partial charge in [-0.2, -0.15) is 13.2 Å². The van der Waals surface area contributed by atoms with Crippen molar-refractivity contribution in [2.75, 3.05) is 13.6 Å². The van der Waals surface area contributed by atoms with E-state index in [1.54, 1.807) is 7.05 Å². The molecule has 0 atom stereocenters. The van der Waals surface area contributed by atoms with Crippen LogP contribution in [0.4, 0.5) is 13.2 Å². The van der Waals surface area contributed by atoms with Gasteiger partial charge in [0.25, 0.3) is 0 Å². The summed E-state index contributed by atoms with van der Waals surface area (Å²) in [4.78, 5) is 7.67. The van der Waals surface area contributed by atoms with Crippen molar-refractivity contribution in [3.63, 3.8) is 0 Å². The Balaban J connectivity index is 1.76. The molecule has 0 aliphatic heterocycles. The molecule has 0 aliphatic carbocycles. The van der Waals surface area contributed by atoms with Crippen molar-refractivity contribution < 1.29 is 13.2 Å². The largest absolute Gasteiger partial charge is 0.434 e. The summed E-state index contributed by atoms with van der Waals surface area (Å²) in [6, 6.07) is 1.99. The van der Waals surface area contributed by atoms with Gasteiger partial charge in [0.15, 0.2) is 11.7 Å². The number of alkyl halides is 3. The molecule has 126 valence electrons. The molecule has 0 amide bonds. The Kier molecular flexibility index (Phi) is 5.64. The third kappa shape index (κ3) is 5.27. The molecule has 0 spiro atoms. The zero-order valence-electron chi connectivity index (χ0n) is 12.8. The minimum Gasteiger partial charge on any atom is -0.357 e. The molecule has 0 saturated heterocycles. The number of guanidine groups is 1. The lowest BCUT2D eigenvalue weighted by Gasteiger charge is -2.10. The molecule has 2 aromatic heterocycles. The number of nitrogens with zero attached hydrogens (tertiary/aromatic N) is 3. The molecule has 2 heterocycles. The van der Waals surface area contributed by atoms with Gasteiger partial charge in [-0.25, -0.2) is 4.98 Å². The number of hydrogen-bond donors (Lipinski definition) is 2. The molecule has 23 heavy (non-hydrogen) atoms. The standard InChI is InChI=1S/C14H18F3N5S/c1-18-13(20-7-10-4-6-22(2)8-10)19-5-3-12-21-11(9-23-12)14(15,16)17/h4,6,8-9H,3,5,7H2,1-2H3,(H2,18,19,20). The molecule has 2 aromatic rings. The summed E-state index contributed by atoms with van der Waals surface area (Å²) < 4.78 is 39.4. The SMILES string of the molecule is CN=C(NCCc1nc(C(F)(F)F)cs1)NCc1ccn(C)c1. The third-order valence-electron chi connectivity index (χ3n) is 3.05. The average Bonchev–Trinajstić information content (AvgIpc) is 3.11. The lowest BCUT2D eigenvalue weighted by Crippen LogP contribution is -2.37. The van der Waals surface area contributed by atoms with Crippen LogP contribution in [0.1, 0.15) is 16.3 Å². The van der Waals surface area contributed by atoms with Gasteiger partial charge in [0.05, 0.1) is 5.01 Å². The summed E-state index contributed by atoms with van der Waals surface area (Å²) in [7, 11) is 3.59. The predicted molar refractivity (Wildman–Crippen MR) is 84.4 cm³/mol. The quantitative estimate of drug-likeness (QED) is 0.646. The maximum absolute atomic E-state index is 12.5. The third-order valence-corrected chi connectivity index (χ3v) is 3.96. The fourth-order valence-corrected chi connectivity index (χ4v) is 2.72. The summed E-state index contributed by atoms with van der Waals surface area (Å²) in [5.41, 5.74) is 0.286. The van der Waals surface area contributed by atoms with Gasteiger partial charge in [0, 0.05) is 51.4 Å². The van der Waals surface area contributed by atoms with E-state index in [2.05, 4.69) is 20.6 Å². The first-order chi connectivity index (χ1) is 10.9. The van der Waals surface area contributed by atoms with Gasteiger partial charge in [-0.15, -0.1) is 11.3 Å². The van der Waals surface area contributed by atoms with Crippen LogP contribution in [0.3, 0.4) is 0 Å². The van der Waals surface area contributed by atoms with E-state index in [1.165, 1.54) is 0 Å². The number of thiazole rings is 1. The van der Waals surface area contributed by atoms with E-state index in [4.69, 9.17) is 0 Å². The van der Waals surface area contributed by atoms with E-state index in [-0.39, 0.29) is 0 Å². The zero-order chi connectivity index (χ0) is 16.9. The van der Waals surface area contributed by atoms with Crippen LogP contribution < -0.4 is 10.6 Å². The maximum Gasteiger partial charge on any atom is 0.434 e. The number of halogens is 3. The van der Waals surface area contributed by atoms with Crippen molar-refractivity contribution in [1.29, 1.82) is 0 Å². The van der Waals surface area contributed by atoms with Gasteiger partial charge in [-0.05, 0) is 11.6 Å². The highest BCUT2D eigenvalue weighted by atomic mass is 32.1. The Morgan fingerprint density at radius 2 is 2.17 bits per heavy atom. The van der Waals surface area contributed by atoms with E-state index in [9.17, 15) is 13.2 Å². The van der Waals surface area contributed by atoms with Crippen LogP contribution in [0.2, 0.25) is 0 Å². The summed E-state index contributed by atoms with van der Waals surface area (Å²) >= 11 is 1.01. The Bertz CT molecular complexity index is 659. The van der Waals surface area contributed by atoms with Crippen molar-refractivity contribution in [3.8, 4) is 0 Å². The summed E-state index contributed by atoms with van der Waals surface area (Å²) in [6.45, 7) is 1.08. The molecular weight excluding hydrogens is 327 g/mol. The van der Waals surface area contributed by atoms with Crippen LogP contribution in [0.15, 0.2) is 28.8 Å². The molecule has 0 fully saturated rings. The topological polar surface area (TPSA) is 54.2 Å². The fourth-order valence-electron chi connectivity index (χ4n) is 1.92. The van der Waals surface area contributed by atoms with E-state index in [0.717, 1.165) is 22.3 Å². The maximum atomic E-state index is 12.5. The molecule has 0 saturated carbocycles. The van der Waals surface area contributed by atoms with Gasteiger partial charge in [-0.3, -0.25) is 4.99 Å². The first-order valence-corrected chi connectivity index (χ1v) is 7.83. The Hall–Kier alpha value is -2.03. The lowest BCUT2D eigenvalue weighted by molar-refractivity contribution is -0.140. The molecular formula is C14H18F3N5S. The van der Waals surface area contributed by atoms with Crippen molar-refractivity contribution in [3.05, 3.63) is 40.1 Å². The normalized spacial score (nSPS) is 12.5. The number of aryl methyl sites for hydroxylation is 1. The molecule has 0 unspecified atom stereocenters. The lowest BCUT2D eigenvalue weighted by atomic mass is 10.3.